The van der Waals surface area contributed by atoms with Crippen molar-refractivity contribution in [1.82, 2.24) is 0 Å². The van der Waals surface area contributed by atoms with Crippen LogP contribution in [-0.2, 0) is 10.0 Å². The minimum absolute atomic E-state index is 0.0846. The van der Waals surface area contributed by atoms with Crippen molar-refractivity contribution in [2.75, 3.05) is 11.0 Å². The number of benzene rings is 1. The molecule has 0 amide bonds. The summed E-state index contributed by atoms with van der Waals surface area (Å²) in [7, 11) is -3.38. The fourth-order valence-electron chi connectivity index (χ4n) is 0.868. The lowest BCUT2D eigenvalue weighted by molar-refractivity contribution is 0.0696. The van der Waals surface area contributed by atoms with Gasteiger partial charge in [0.05, 0.1) is 11.8 Å². The number of anilines is 1. The van der Waals surface area contributed by atoms with Gasteiger partial charge < -0.3 is 5.11 Å². The van der Waals surface area contributed by atoms with Gasteiger partial charge in [0, 0.05) is 5.69 Å². The lowest BCUT2D eigenvalue weighted by Gasteiger charge is -2.03. The first-order valence-electron chi connectivity index (χ1n) is 3.61. The van der Waals surface area contributed by atoms with E-state index in [-0.39, 0.29) is 11.3 Å². The third kappa shape index (κ3) is 3.06. The van der Waals surface area contributed by atoms with Crippen molar-refractivity contribution in [2.45, 2.75) is 0 Å². The second-order valence-electron chi connectivity index (χ2n) is 2.67. The molecule has 0 bridgehead atoms. The Balaban J connectivity index is 3.01. The van der Waals surface area contributed by atoms with Crippen molar-refractivity contribution in [1.29, 1.82) is 0 Å². The molecule has 1 aromatic rings. The van der Waals surface area contributed by atoms with Crippen LogP contribution >= 0.6 is 0 Å². The Hall–Kier alpha value is -1.56. The number of nitrogens with one attached hydrogen (secondary N) is 1. The van der Waals surface area contributed by atoms with Gasteiger partial charge in [0.1, 0.15) is 0 Å². The molecule has 0 fully saturated rings. The topological polar surface area (TPSA) is 83.5 Å². The summed E-state index contributed by atoms with van der Waals surface area (Å²) in [5.41, 5.74) is 0.127. The third-order valence-electron chi connectivity index (χ3n) is 1.34. The molecule has 0 aromatic heterocycles. The van der Waals surface area contributed by atoms with Gasteiger partial charge in [0.2, 0.25) is 10.0 Å². The number of hydrogen-bond donors (Lipinski definition) is 2. The fourth-order valence-corrected chi connectivity index (χ4v) is 1.42. The van der Waals surface area contributed by atoms with Gasteiger partial charge in [0.15, 0.2) is 0 Å². The molecule has 0 heterocycles. The average molecular weight is 214 g/mol. The average Bonchev–Trinajstić information content (AvgIpc) is 2.01. The molecule has 6 heteroatoms. The molecule has 0 aliphatic heterocycles. The summed E-state index contributed by atoms with van der Waals surface area (Å²) in [6.07, 6.45) is 0.990. The number of sulfonamides is 1. The zero-order valence-electron chi connectivity index (χ0n) is 7.31. The molecular formula is C8H8NO4S. The summed E-state index contributed by atoms with van der Waals surface area (Å²) >= 11 is 0. The van der Waals surface area contributed by atoms with E-state index in [1.807, 2.05) is 0 Å². The molecule has 0 unspecified atom stereocenters. The first kappa shape index (κ1) is 10.5. The lowest BCUT2D eigenvalue weighted by atomic mass is 10.2. The zero-order valence-corrected chi connectivity index (χ0v) is 8.13. The molecule has 0 saturated heterocycles. The van der Waals surface area contributed by atoms with Gasteiger partial charge in [-0.1, -0.05) is 6.07 Å². The molecule has 5 nitrogen and oxygen atoms in total. The number of carboxylic acids is 1. The molecule has 0 spiro atoms. The van der Waals surface area contributed by atoms with Crippen LogP contribution in [0.5, 0.6) is 0 Å². The molecule has 2 N–H and O–H groups in total. The molecular weight excluding hydrogens is 206 g/mol. The highest BCUT2D eigenvalue weighted by Crippen LogP contribution is 2.11. The van der Waals surface area contributed by atoms with Crippen LogP contribution in [0.25, 0.3) is 0 Å². The lowest BCUT2D eigenvalue weighted by Crippen LogP contribution is -2.10. The first-order valence-corrected chi connectivity index (χ1v) is 5.50. The maximum absolute atomic E-state index is 10.8. The molecule has 0 aliphatic carbocycles. The van der Waals surface area contributed by atoms with Gasteiger partial charge >= 0.3 is 5.97 Å². The molecule has 75 valence electrons. The minimum Gasteiger partial charge on any atom is -0.478 e. The number of hydrogen-bond acceptors (Lipinski definition) is 3. The Morgan fingerprint density at radius 1 is 1.57 bits per heavy atom. The van der Waals surface area contributed by atoms with Crippen molar-refractivity contribution < 1.29 is 18.3 Å². The monoisotopic (exact) mass is 214 g/mol. The van der Waals surface area contributed by atoms with Crippen LogP contribution in [0, 0.1) is 6.07 Å². The van der Waals surface area contributed by atoms with Gasteiger partial charge in [-0.3, -0.25) is 4.72 Å². The maximum atomic E-state index is 10.8. The Bertz CT molecular complexity index is 452. The minimum atomic E-state index is -3.38. The summed E-state index contributed by atoms with van der Waals surface area (Å²) in [5.74, 6) is -1.15. The van der Waals surface area contributed by atoms with Crippen LogP contribution in [0.2, 0.25) is 0 Å². The normalized spacial score (nSPS) is 10.9. The van der Waals surface area contributed by atoms with E-state index in [2.05, 4.69) is 10.8 Å². The van der Waals surface area contributed by atoms with Crippen molar-refractivity contribution in [3.63, 3.8) is 0 Å². The van der Waals surface area contributed by atoms with Crippen molar-refractivity contribution in [3.8, 4) is 0 Å². The van der Waals surface area contributed by atoms with E-state index in [1.54, 1.807) is 0 Å². The summed E-state index contributed by atoms with van der Waals surface area (Å²) in [6.45, 7) is 0. The van der Waals surface area contributed by atoms with Gasteiger partial charge in [0.25, 0.3) is 0 Å². The van der Waals surface area contributed by atoms with Gasteiger partial charge in [-0.2, -0.15) is 0 Å². The van der Waals surface area contributed by atoms with E-state index >= 15 is 0 Å². The summed E-state index contributed by atoms with van der Waals surface area (Å²) in [5, 5.41) is 8.60. The van der Waals surface area contributed by atoms with Crippen LogP contribution < -0.4 is 4.72 Å². The molecule has 1 aromatic carbocycles. The van der Waals surface area contributed by atoms with E-state index < -0.39 is 16.0 Å². The largest absolute Gasteiger partial charge is 0.478 e. The Morgan fingerprint density at radius 2 is 2.21 bits per heavy atom. The van der Waals surface area contributed by atoms with Crippen molar-refractivity contribution in [3.05, 3.63) is 29.8 Å². The smallest absolute Gasteiger partial charge is 0.336 e. The van der Waals surface area contributed by atoms with Crippen LogP contribution in [0.4, 0.5) is 5.69 Å². The van der Waals surface area contributed by atoms with Crippen molar-refractivity contribution in [2.24, 2.45) is 0 Å². The van der Waals surface area contributed by atoms with E-state index in [9.17, 15) is 13.2 Å². The van der Waals surface area contributed by atoms with E-state index in [0.29, 0.717) is 0 Å². The highest BCUT2D eigenvalue weighted by molar-refractivity contribution is 7.92. The van der Waals surface area contributed by atoms with Gasteiger partial charge in [-0.15, -0.1) is 0 Å². The Kier molecular flexibility index (Phi) is 2.76. The molecule has 0 aliphatic rings. The summed E-state index contributed by atoms with van der Waals surface area (Å²) in [6, 6.07) is 6.43. The standard InChI is InChI=1S/C8H8NO4S/c1-14(12,13)9-7-4-2-3-6(5-7)8(10)11/h2,4-5,9H,1H3,(H,10,11). The predicted molar refractivity (Wildman–Crippen MR) is 50.7 cm³/mol. The summed E-state index contributed by atoms with van der Waals surface area (Å²) in [4.78, 5) is 10.5. The summed E-state index contributed by atoms with van der Waals surface area (Å²) < 4.78 is 23.8. The third-order valence-corrected chi connectivity index (χ3v) is 1.94. The highest BCUT2D eigenvalue weighted by atomic mass is 32.2. The van der Waals surface area contributed by atoms with Gasteiger partial charge in [-0.25, -0.2) is 13.2 Å². The van der Waals surface area contributed by atoms with Gasteiger partial charge in [-0.05, 0) is 18.2 Å². The molecule has 0 saturated carbocycles. The Labute approximate surface area is 81.4 Å². The fraction of sp³-hybridized carbons (Fsp3) is 0.125. The van der Waals surface area contributed by atoms with Crippen LogP contribution in [-0.4, -0.2) is 25.7 Å². The van der Waals surface area contributed by atoms with Crippen LogP contribution in [0.1, 0.15) is 10.4 Å². The van der Waals surface area contributed by atoms with E-state index in [4.69, 9.17) is 5.11 Å². The Morgan fingerprint density at radius 3 is 2.71 bits per heavy atom. The number of carbonyl (C=O) groups is 1. The quantitative estimate of drug-likeness (QED) is 0.769. The number of aromatic carboxylic acids is 1. The van der Waals surface area contributed by atoms with Crippen LogP contribution in [0.3, 0.4) is 0 Å². The van der Waals surface area contributed by atoms with Crippen molar-refractivity contribution >= 4 is 21.7 Å². The molecule has 14 heavy (non-hydrogen) atoms. The molecule has 0 atom stereocenters. The molecule has 1 rings (SSSR count). The maximum Gasteiger partial charge on any atom is 0.336 e. The molecule has 1 radical (unpaired) electrons. The number of rotatable bonds is 3. The second-order valence-corrected chi connectivity index (χ2v) is 4.42. The highest BCUT2D eigenvalue weighted by Gasteiger charge is 2.06. The first-order chi connectivity index (χ1) is 6.38. The zero-order chi connectivity index (χ0) is 10.8. The van der Waals surface area contributed by atoms with E-state index in [0.717, 1.165) is 6.26 Å². The van der Waals surface area contributed by atoms with E-state index in [1.165, 1.54) is 18.2 Å². The number of carboxylic acid groups (broad SMARTS) is 1. The van der Waals surface area contributed by atoms with Crippen LogP contribution in [0.15, 0.2) is 18.2 Å². The second kappa shape index (κ2) is 3.67. The predicted octanol–water partition coefficient (Wildman–Crippen LogP) is 0.556. The SMILES string of the molecule is CS(=O)(=O)Nc1cc[c]c(C(=O)O)c1.